The standard InChI is InChI=1S/C22H22N6O2S/c1-5-30-21(29)12-18-13-24-22(31-18)28-27-20-9-7-17(11-15(20)3)25-26-19-8-6-16(23-4)10-14(19)2/h6-11,13H,4-5,12H2,1-3H3/b26-25+,28-27+. The molecule has 0 fully saturated rings. The summed E-state index contributed by atoms with van der Waals surface area (Å²) >= 11 is 1.31. The lowest BCUT2D eigenvalue weighted by molar-refractivity contribution is -0.142. The quantitative estimate of drug-likeness (QED) is 0.216. The van der Waals surface area contributed by atoms with Crippen molar-refractivity contribution in [3.63, 3.8) is 0 Å². The first-order valence-corrected chi connectivity index (χ1v) is 10.4. The maximum absolute atomic E-state index is 11.5. The molecule has 0 spiro atoms. The van der Waals surface area contributed by atoms with Gasteiger partial charge >= 0.3 is 5.97 Å². The van der Waals surface area contributed by atoms with Crippen molar-refractivity contribution in [2.75, 3.05) is 6.61 Å². The highest BCUT2D eigenvalue weighted by atomic mass is 32.1. The van der Waals surface area contributed by atoms with E-state index in [1.807, 2.05) is 50.2 Å². The third-order valence-corrected chi connectivity index (χ3v) is 5.11. The van der Waals surface area contributed by atoms with Gasteiger partial charge in [-0.25, -0.2) is 4.98 Å². The third-order valence-electron chi connectivity index (χ3n) is 4.23. The molecular formula is C22H22N6O2S. The third kappa shape index (κ3) is 6.19. The molecule has 1 heterocycles. The summed E-state index contributed by atoms with van der Waals surface area (Å²) in [5.74, 6) is -0.279. The fourth-order valence-electron chi connectivity index (χ4n) is 2.65. The summed E-state index contributed by atoms with van der Waals surface area (Å²) < 4.78 is 4.94. The predicted octanol–water partition coefficient (Wildman–Crippen LogP) is 7.03. The second-order valence-electron chi connectivity index (χ2n) is 6.59. The van der Waals surface area contributed by atoms with Crippen molar-refractivity contribution >= 4 is 51.9 Å². The van der Waals surface area contributed by atoms with Crippen LogP contribution >= 0.6 is 11.3 Å². The first kappa shape index (κ1) is 22.1. The molecule has 0 aliphatic carbocycles. The van der Waals surface area contributed by atoms with Crippen molar-refractivity contribution in [2.45, 2.75) is 27.2 Å². The summed E-state index contributed by atoms with van der Waals surface area (Å²) in [6, 6.07) is 11.2. The zero-order valence-electron chi connectivity index (χ0n) is 17.6. The number of aromatic nitrogens is 1. The van der Waals surface area contributed by atoms with Crippen LogP contribution in [0.15, 0.2) is 68.0 Å². The van der Waals surface area contributed by atoms with E-state index < -0.39 is 0 Å². The molecule has 0 unspecified atom stereocenters. The molecule has 9 heteroatoms. The Hall–Kier alpha value is -3.59. The fourth-order valence-corrected chi connectivity index (χ4v) is 3.37. The molecule has 0 radical (unpaired) electrons. The number of carbonyl (C=O) groups is 1. The monoisotopic (exact) mass is 434 g/mol. The zero-order valence-corrected chi connectivity index (χ0v) is 18.4. The number of rotatable bonds is 8. The maximum atomic E-state index is 11.5. The lowest BCUT2D eigenvalue weighted by Crippen LogP contribution is -2.06. The molecular weight excluding hydrogens is 412 g/mol. The molecule has 0 amide bonds. The Morgan fingerprint density at radius 3 is 2.29 bits per heavy atom. The molecule has 0 saturated heterocycles. The molecule has 2 aromatic carbocycles. The number of thiazole rings is 1. The van der Waals surface area contributed by atoms with Crippen LogP contribution in [0.4, 0.5) is 27.9 Å². The van der Waals surface area contributed by atoms with Crippen molar-refractivity contribution < 1.29 is 9.53 Å². The highest BCUT2D eigenvalue weighted by Crippen LogP contribution is 2.30. The number of benzene rings is 2. The number of aryl methyl sites for hydroxylation is 2. The van der Waals surface area contributed by atoms with Gasteiger partial charge in [0.1, 0.15) is 0 Å². The molecule has 158 valence electrons. The van der Waals surface area contributed by atoms with Crippen LogP contribution in [0.2, 0.25) is 0 Å². The van der Waals surface area contributed by atoms with E-state index in [4.69, 9.17) is 4.74 Å². The average molecular weight is 435 g/mol. The van der Waals surface area contributed by atoms with E-state index in [0.29, 0.717) is 23.1 Å². The van der Waals surface area contributed by atoms with Gasteiger partial charge in [-0.05, 0) is 75.0 Å². The average Bonchev–Trinajstić information content (AvgIpc) is 3.19. The molecule has 0 bridgehead atoms. The van der Waals surface area contributed by atoms with Gasteiger partial charge in [-0.15, -0.1) is 10.2 Å². The van der Waals surface area contributed by atoms with Gasteiger partial charge in [0.15, 0.2) is 0 Å². The number of azo groups is 2. The number of ether oxygens (including phenoxy) is 1. The smallest absolute Gasteiger partial charge is 0.311 e. The van der Waals surface area contributed by atoms with E-state index in [0.717, 1.165) is 27.4 Å². The van der Waals surface area contributed by atoms with E-state index >= 15 is 0 Å². The van der Waals surface area contributed by atoms with Gasteiger partial charge in [-0.3, -0.25) is 9.79 Å². The fraction of sp³-hybridized carbons (Fsp3) is 0.227. The summed E-state index contributed by atoms with van der Waals surface area (Å²) in [5.41, 5.74) is 4.88. The van der Waals surface area contributed by atoms with Crippen LogP contribution in [0.25, 0.3) is 0 Å². The van der Waals surface area contributed by atoms with E-state index in [-0.39, 0.29) is 12.4 Å². The molecule has 3 rings (SSSR count). The second kappa shape index (κ2) is 10.4. The van der Waals surface area contributed by atoms with Crippen molar-refractivity contribution in [1.29, 1.82) is 0 Å². The van der Waals surface area contributed by atoms with Gasteiger partial charge < -0.3 is 4.74 Å². The molecule has 31 heavy (non-hydrogen) atoms. The Kier molecular flexibility index (Phi) is 7.45. The molecule has 0 aliphatic heterocycles. The summed E-state index contributed by atoms with van der Waals surface area (Å²) in [6.07, 6.45) is 1.80. The van der Waals surface area contributed by atoms with Gasteiger partial charge in [0, 0.05) is 11.1 Å². The van der Waals surface area contributed by atoms with Gasteiger partial charge in [-0.2, -0.15) is 10.2 Å². The summed E-state index contributed by atoms with van der Waals surface area (Å²) in [6.45, 7) is 9.54. The van der Waals surface area contributed by atoms with Crippen LogP contribution in [0, 0.1) is 13.8 Å². The number of hydrogen-bond donors (Lipinski definition) is 0. The molecule has 3 aromatic rings. The Morgan fingerprint density at radius 1 is 1.00 bits per heavy atom. The van der Waals surface area contributed by atoms with Crippen LogP contribution in [-0.2, 0) is 16.0 Å². The van der Waals surface area contributed by atoms with Crippen LogP contribution in [0.3, 0.4) is 0 Å². The minimum absolute atomic E-state index is 0.187. The number of esters is 1. The molecule has 0 N–H and O–H groups in total. The predicted molar refractivity (Wildman–Crippen MR) is 122 cm³/mol. The van der Waals surface area contributed by atoms with Crippen LogP contribution in [0.5, 0.6) is 0 Å². The van der Waals surface area contributed by atoms with E-state index in [2.05, 4.69) is 37.2 Å². The summed E-state index contributed by atoms with van der Waals surface area (Å²) in [5, 5.41) is 17.6. The van der Waals surface area contributed by atoms with E-state index in [1.54, 1.807) is 13.1 Å². The first-order chi connectivity index (χ1) is 15.0. The van der Waals surface area contributed by atoms with Crippen molar-refractivity contribution in [1.82, 2.24) is 4.98 Å². The van der Waals surface area contributed by atoms with Crippen molar-refractivity contribution in [3.05, 3.63) is 58.6 Å². The Balaban J connectivity index is 1.67. The summed E-state index contributed by atoms with van der Waals surface area (Å²) in [4.78, 5) is 20.4. The number of nitrogens with zero attached hydrogens (tertiary/aromatic N) is 6. The molecule has 0 saturated carbocycles. The van der Waals surface area contributed by atoms with Crippen LogP contribution in [0.1, 0.15) is 22.9 Å². The molecule has 0 aliphatic rings. The highest BCUT2D eigenvalue weighted by Gasteiger charge is 2.08. The minimum atomic E-state index is -0.279. The van der Waals surface area contributed by atoms with Crippen LogP contribution < -0.4 is 0 Å². The number of aliphatic imine (C=N–C) groups is 1. The SMILES string of the molecule is C=Nc1ccc(/N=N/c2ccc(/N=N/c3ncc(CC(=O)OCC)s3)c(C)c2)c(C)c1. The maximum Gasteiger partial charge on any atom is 0.311 e. The first-order valence-electron chi connectivity index (χ1n) is 9.60. The summed E-state index contributed by atoms with van der Waals surface area (Å²) in [7, 11) is 0. The molecule has 0 atom stereocenters. The topological polar surface area (TPSA) is 101 Å². The van der Waals surface area contributed by atoms with E-state index in [1.165, 1.54) is 11.3 Å². The Morgan fingerprint density at radius 2 is 1.65 bits per heavy atom. The second-order valence-corrected chi connectivity index (χ2v) is 7.68. The van der Waals surface area contributed by atoms with Gasteiger partial charge in [0.25, 0.3) is 0 Å². The minimum Gasteiger partial charge on any atom is -0.466 e. The largest absolute Gasteiger partial charge is 0.466 e. The molecule has 1 aromatic heterocycles. The van der Waals surface area contributed by atoms with Gasteiger partial charge in [0.05, 0.1) is 35.8 Å². The Labute approximate surface area is 184 Å². The van der Waals surface area contributed by atoms with Gasteiger partial charge in [0.2, 0.25) is 5.13 Å². The van der Waals surface area contributed by atoms with Crippen LogP contribution in [-0.4, -0.2) is 24.3 Å². The highest BCUT2D eigenvalue weighted by molar-refractivity contribution is 7.15. The normalized spacial score (nSPS) is 11.3. The zero-order chi connectivity index (χ0) is 22.2. The van der Waals surface area contributed by atoms with E-state index in [9.17, 15) is 4.79 Å². The lowest BCUT2D eigenvalue weighted by atomic mass is 10.2. The molecule has 8 nitrogen and oxygen atoms in total. The number of carbonyl (C=O) groups excluding carboxylic acids is 1. The van der Waals surface area contributed by atoms with Crippen molar-refractivity contribution in [3.8, 4) is 0 Å². The number of hydrogen-bond acceptors (Lipinski definition) is 9. The van der Waals surface area contributed by atoms with Crippen molar-refractivity contribution in [2.24, 2.45) is 25.4 Å². The Bertz CT molecular complexity index is 1150. The van der Waals surface area contributed by atoms with Gasteiger partial charge in [-0.1, -0.05) is 11.3 Å². The lowest BCUT2D eigenvalue weighted by Gasteiger charge is -2.02.